The molecular formula is C13H8IN. The number of para-hydroxylation sites is 2. The summed E-state index contributed by atoms with van der Waals surface area (Å²) in [5.41, 5.74) is 2.16. The number of hydrogen-bond acceptors (Lipinski definition) is 1. The predicted octanol–water partition coefficient (Wildman–Crippen LogP) is 3.99. The lowest BCUT2D eigenvalue weighted by Crippen LogP contribution is -1.84. The summed E-state index contributed by atoms with van der Waals surface area (Å²) < 4.78 is 1.20. The third-order valence-electron chi connectivity index (χ3n) is 2.50. The minimum Gasteiger partial charge on any atom is -0.247 e. The van der Waals surface area contributed by atoms with Crippen molar-refractivity contribution >= 4 is 44.4 Å². The first-order valence-electron chi connectivity index (χ1n) is 4.78. The van der Waals surface area contributed by atoms with Crippen molar-refractivity contribution in [3.05, 3.63) is 52.1 Å². The Hall–Kier alpha value is -1.16. The smallest absolute Gasteiger partial charge is 0.0843 e. The van der Waals surface area contributed by atoms with E-state index in [4.69, 9.17) is 0 Å². The van der Waals surface area contributed by atoms with Gasteiger partial charge < -0.3 is 0 Å². The topological polar surface area (TPSA) is 12.9 Å². The molecule has 3 aromatic rings. The summed E-state index contributed by atoms with van der Waals surface area (Å²) in [6, 6.07) is 16.7. The van der Waals surface area contributed by atoms with Crippen molar-refractivity contribution in [2.75, 3.05) is 0 Å². The fourth-order valence-electron chi connectivity index (χ4n) is 1.77. The monoisotopic (exact) mass is 305 g/mol. The molecule has 0 N–H and O–H groups in total. The highest BCUT2D eigenvalue weighted by Gasteiger charge is 2.01. The van der Waals surface area contributed by atoms with Crippen LogP contribution in [0.2, 0.25) is 0 Å². The molecule has 0 aliphatic heterocycles. The molecule has 0 amide bonds. The largest absolute Gasteiger partial charge is 0.247 e. The summed E-state index contributed by atoms with van der Waals surface area (Å²) in [6.07, 6.45) is 0. The van der Waals surface area contributed by atoms with Crippen LogP contribution in [-0.2, 0) is 0 Å². The average molecular weight is 305 g/mol. The van der Waals surface area contributed by atoms with Crippen LogP contribution in [0.1, 0.15) is 0 Å². The molecule has 0 atom stereocenters. The standard InChI is InChI=1S/C13H8IN/c14-11-6-3-5-10-8-9-4-1-2-7-12(9)15-13(10)11/h1-8H. The second-order valence-electron chi connectivity index (χ2n) is 3.49. The summed E-state index contributed by atoms with van der Waals surface area (Å²) in [7, 11) is 0. The molecule has 0 unspecified atom stereocenters. The van der Waals surface area contributed by atoms with Gasteiger partial charge in [0.1, 0.15) is 0 Å². The SMILES string of the molecule is Ic1cccc2cc3ccccc3nc12. The summed E-state index contributed by atoms with van der Waals surface area (Å²) in [5, 5.41) is 2.41. The van der Waals surface area contributed by atoms with Crippen LogP contribution in [0.4, 0.5) is 0 Å². The van der Waals surface area contributed by atoms with Crippen molar-refractivity contribution in [1.29, 1.82) is 0 Å². The lowest BCUT2D eigenvalue weighted by atomic mass is 10.1. The van der Waals surface area contributed by atoms with E-state index in [-0.39, 0.29) is 0 Å². The quantitative estimate of drug-likeness (QED) is 0.452. The molecule has 0 fully saturated rings. The fraction of sp³-hybridized carbons (Fsp3) is 0. The molecule has 0 aliphatic rings. The molecule has 2 aromatic carbocycles. The van der Waals surface area contributed by atoms with Crippen LogP contribution in [0.15, 0.2) is 48.5 Å². The normalized spacial score (nSPS) is 11.0. The summed E-state index contributed by atoms with van der Waals surface area (Å²) in [5.74, 6) is 0. The first-order chi connectivity index (χ1) is 7.34. The van der Waals surface area contributed by atoms with E-state index in [0.29, 0.717) is 0 Å². The van der Waals surface area contributed by atoms with Crippen molar-refractivity contribution < 1.29 is 0 Å². The van der Waals surface area contributed by atoms with Crippen LogP contribution in [-0.4, -0.2) is 4.98 Å². The lowest BCUT2D eigenvalue weighted by molar-refractivity contribution is 1.48. The van der Waals surface area contributed by atoms with Gasteiger partial charge in [-0.05, 0) is 40.8 Å². The van der Waals surface area contributed by atoms with E-state index in [1.165, 1.54) is 14.3 Å². The van der Waals surface area contributed by atoms with E-state index < -0.39 is 0 Å². The first kappa shape index (κ1) is 9.09. The minimum atomic E-state index is 1.06. The number of nitrogens with zero attached hydrogens (tertiary/aromatic N) is 1. The van der Waals surface area contributed by atoms with Crippen molar-refractivity contribution in [3.63, 3.8) is 0 Å². The molecule has 0 saturated heterocycles. The molecule has 0 saturated carbocycles. The molecule has 0 aliphatic carbocycles. The van der Waals surface area contributed by atoms with Gasteiger partial charge in [-0.25, -0.2) is 4.98 Å². The molecule has 1 aromatic heterocycles. The number of aromatic nitrogens is 1. The van der Waals surface area contributed by atoms with Gasteiger partial charge in [0.15, 0.2) is 0 Å². The maximum Gasteiger partial charge on any atom is 0.0843 e. The van der Waals surface area contributed by atoms with Crippen molar-refractivity contribution in [2.45, 2.75) is 0 Å². The second kappa shape index (κ2) is 3.45. The van der Waals surface area contributed by atoms with Crippen LogP contribution >= 0.6 is 22.6 Å². The van der Waals surface area contributed by atoms with E-state index >= 15 is 0 Å². The predicted molar refractivity (Wildman–Crippen MR) is 72.0 cm³/mol. The molecule has 3 rings (SSSR count). The van der Waals surface area contributed by atoms with Gasteiger partial charge in [0, 0.05) is 14.3 Å². The number of benzene rings is 2. The number of fused-ring (bicyclic) bond motifs is 2. The van der Waals surface area contributed by atoms with Gasteiger partial charge in [0.25, 0.3) is 0 Å². The van der Waals surface area contributed by atoms with Crippen LogP contribution in [0, 0.1) is 3.57 Å². The molecule has 72 valence electrons. The lowest BCUT2D eigenvalue weighted by Gasteiger charge is -2.02. The van der Waals surface area contributed by atoms with Crippen LogP contribution in [0.5, 0.6) is 0 Å². The highest BCUT2D eigenvalue weighted by atomic mass is 127. The van der Waals surface area contributed by atoms with Crippen LogP contribution in [0.25, 0.3) is 21.8 Å². The number of hydrogen-bond donors (Lipinski definition) is 0. The Kier molecular flexibility index (Phi) is 2.09. The van der Waals surface area contributed by atoms with Gasteiger partial charge in [-0.2, -0.15) is 0 Å². The van der Waals surface area contributed by atoms with Gasteiger partial charge >= 0.3 is 0 Å². The second-order valence-corrected chi connectivity index (χ2v) is 4.65. The van der Waals surface area contributed by atoms with Crippen LogP contribution in [0.3, 0.4) is 0 Å². The Balaban J connectivity index is 2.53. The number of rotatable bonds is 0. The summed E-state index contributed by atoms with van der Waals surface area (Å²) in [6.45, 7) is 0. The zero-order valence-electron chi connectivity index (χ0n) is 7.94. The third kappa shape index (κ3) is 1.49. The van der Waals surface area contributed by atoms with Crippen molar-refractivity contribution in [3.8, 4) is 0 Å². The van der Waals surface area contributed by atoms with Gasteiger partial charge in [0.2, 0.25) is 0 Å². The van der Waals surface area contributed by atoms with Gasteiger partial charge in [-0.15, -0.1) is 0 Å². The van der Waals surface area contributed by atoms with Gasteiger partial charge in [0.05, 0.1) is 11.0 Å². The molecular weight excluding hydrogens is 297 g/mol. The Bertz CT molecular complexity index is 646. The number of pyridine rings is 1. The Labute approximate surface area is 101 Å². The molecule has 1 heterocycles. The highest BCUT2D eigenvalue weighted by Crippen LogP contribution is 2.22. The minimum absolute atomic E-state index is 1.06. The molecule has 0 radical (unpaired) electrons. The summed E-state index contributed by atoms with van der Waals surface area (Å²) in [4.78, 5) is 4.67. The molecule has 0 spiro atoms. The first-order valence-corrected chi connectivity index (χ1v) is 5.86. The Morgan fingerprint density at radius 2 is 1.67 bits per heavy atom. The van der Waals surface area contributed by atoms with Crippen LogP contribution < -0.4 is 0 Å². The highest BCUT2D eigenvalue weighted by molar-refractivity contribution is 14.1. The maximum absolute atomic E-state index is 4.67. The van der Waals surface area contributed by atoms with E-state index in [1.807, 2.05) is 12.1 Å². The molecule has 1 nitrogen and oxygen atoms in total. The molecule has 2 heteroatoms. The summed E-state index contributed by atoms with van der Waals surface area (Å²) >= 11 is 2.33. The van der Waals surface area contributed by atoms with Gasteiger partial charge in [-0.1, -0.05) is 30.3 Å². The molecule has 15 heavy (non-hydrogen) atoms. The Morgan fingerprint density at radius 3 is 2.60 bits per heavy atom. The van der Waals surface area contributed by atoms with Crippen molar-refractivity contribution in [2.24, 2.45) is 0 Å². The zero-order chi connectivity index (χ0) is 10.3. The zero-order valence-corrected chi connectivity index (χ0v) is 10.1. The fourth-order valence-corrected chi connectivity index (χ4v) is 2.41. The maximum atomic E-state index is 4.67. The number of halogens is 1. The third-order valence-corrected chi connectivity index (χ3v) is 3.37. The molecule has 0 bridgehead atoms. The van der Waals surface area contributed by atoms with E-state index in [9.17, 15) is 0 Å². The van der Waals surface area contributed by atoms with Crippen molar-refractivity contribution in [1.82, 2.24) is 4.98 Å². The van der Waals surface area contributed by atoms with E-state index in [1.54, 1.807) is 0 Å². The van der Waals surface area contributed by atoms with Gasteiger partial charge in [-0.3, -0.25) is 0 Å². The average Bonchev–Trinajstić information content (AvgIpc) is 2.27. The van der Waals surface area contributed by atoms with E-state index in [0.717, 1.165) is 11.0 Å². The Morgan fingerprint density at radius 1 is 0.867 bits per heavy atom. The van der Waals surface area contributed by atoms with E-state index in [2.05, 4.69) is 64.0 Å².